The highest BCUT2D eigenvalue weighted by Crippen LogP contribution is 2.23. The molecule has 1 unspecified atom stereocenters. The maximum Gasteiger partial charge on any atom is 0.316 e. The highest BCUT2D eigenvalue weighted by molar-refractivity contribution is 9.10. The van der Waals surface area contributed by atoms with Gasteiger partial charge >= 0.3 is 6.01 Å². The number of ether oxygens (including phenoxy) is 1. The van der Waals surface area contributed by atoms with E-state index in [-0.39, 0.29) is 5.91 Å². The number of para-hydroxylation sites is 1. The fraction of sp³-hybridized carbons (Fsp3) is 0.381. The van der Waals surface area contributed by atoms with Crippen molar-refractivity contribution in [2.24, 2.45) is 13.0 Å². The Morgan fingerprint density at radius 2 is 2.07 bits per heavy atom. The number of carbonyl (C=O) groups is 1. The smallest absolute Gasteiger partial charge is 0.316 e. The maximum atomic E-state index is 12.9. The Kier molecular flexibility index (Phi) is 5.62. The lowest BCUT2D eigenvalue weighted by molar-refractivity contribution is -0.132. The summed E-state index contributed by atoms with van der Waals surface area (Å²) >= 11 is 3.31. The predicted octanol–water partition coefficient (Wildman–Crippen LogP) is 3.59. The minimum atomic E-state index is 0.181. The summed E-state index contributed by atoms with van der Waals surface area (Å²) in [5, 5.41) is 1.16. The first-order valence-corrected chi connectivity index (χ1v) is 10.3. The average molecular weight is 443 g/mol. The zero-order valence-electron chi connectivity index (χ0n) is 15.8. The van der Waals surface area contributed by atoms with Crippen molar-refractivity contribution >= 4 is 32.7 Å². The topological polar surface area (TPSA) is 60.2 Å². The number of hydrogen-bond donors (Lipinski definition) is 0. The number of halogens is 1. The number of fused-ring (bicyclic) bond motifs is 1. The lowest BCUT2D eigenvalue weighted by atomic mass is 9.98. The molecule has 0 spiro atoms. The van der Waals surface area contributed by atoms with E-state index in [2.05, 4.69) is 48.8 Å². The molecule has 3 heterocycles. The zero-order chi connectivity index (χ0) is 19.5. The Balaban J connectivity index is 1.37. The van der Waals surface area contributed by atoms with Crippen molar-refractivity contribution < 1.29 is 9.53 Å². The Hall–Kier alpha value is -2.41. The zero-order valence-corrected chi connectivity index (χ0v) is 17.4. The number of hydrogen-bond acceptors (Lipinski definition) is 4. The second-order valence-electron chi connectivity index (χ2n) is 7.30. The number of aromatic nitrogens is 3. The summed E-state index contributed by atoms with van der Waals surface area (Å²) in [5.41, 5.74) is 2.24. The summed E-state index contributed by atoms with van der Waals surface area (Å²) < 4.78 is 8.63. The van der Waals surface area contributed by atoms with Crippen molar-refractivity contribution in [2.75, 3.05) is 19.7 Å². The quantitative estimate of drug-likeness (QED) is 0.605. The monoisotopic (exact) mass is 442 g/mol. The van der Waals surface area contributed by atoms with Crippen molar-refractivity contribution in [3.8, 4) is 6.01 Å². The highest BCUT2D eigenvalue weighted by atomic mass is 79.9. The summed E-state index contributed by atoms with van der Waals surface area (Å²) in [6, 6.07) is 8.60. The molecule has 3 aromatic rings. The maximum absolute atomic E-state index is 12.9. The van der Waals surface area contributed by atoms with E-state index >= 15 is 0 Å². The average Bonchev–Trinajstić information content (AvgIpc) is 3.03. The van der Waals surface area contributed by atoms with Gasteiger partial charge < -0.3 is 14.2 Å². The van der Waals surface area contributed by atoms with Gasteiger partial charge in [-0.2, -0.15) is 0 Å². The molecule has 0 radical (unpaired) electrons. The second kappa shape index (κ2) is 8.31. The van der Waals surface area contributed by atoms with Gasteiger partial charge in [0.2, 0.25) is 5.91 Å². The van der Waals surface area contributed by atoms with Crippen LogP contribution in [0.15, 0.2) is 47.3 Å². The van der Waals surface area contributed by atoms with Gasteiger partial charge in [-0.25, -0.2) is 9.97 Å². The summed E-state index contributed by atoms with van der Waals surface area (Å²) in [4.78, 5) is 23.2. The molecule has 1 saturated heterocycles. The molecule has 0 N–H and O–H groups in total. The van der Waals surface area contributed by atoms with Crippen LogP contribution in [-0.2, 0) is 18.3 Å². The number of likely N-dealkylation sites (tertiary alicyclic amines) is 1. The van der Waals surface area contributed by atoms with Crippen molar-refractivity contribution in [2.45, 2.75) is 19.3 Å². The van der Waals surface area contributed by atoms with Crippen LogP contribution in [-0.4, -0.2) is 45.0 Å². The van der Waals surface area contributed by atoms with E-state index < -0.39 is 0 Å². The molecule has 0 aliphatic carbocycles. The number of nitrogens with zero attached hydrogens (tertiary/aromatic N) is 4. The Labute approximate surface area is 172 Å². The molecule has 4 rings (SSSR count). The molecule has 1 amide bonds. The van der Waals surface area contributed by atoms with Gasteiger partial charge in [0.05, 0.1) is 17.5 Å². The molecular formula is C21H23BrN4O2. The Morgan fingerprint density at radius 3 is 2.89 bits per heavy atom. The van der Waals surface area contributed by atoms with Crippen LogP contribution in [0.4, 0.5) is 0 Å². The normalized spacial score (nSPS) is 17.1. The molecular weight excluding hydrogens is 420 g/mol. The number of piperidine rings is 1. The van der Waals surface area contributed by atoms with Crippen LogP contribution < -0.4 is 4.74 Å². The Bertz CT molecular complexity index is 970. The van der Waals surface area contributed by atoms with Crippen LogP contribution in [0.25, 0.3) is 10.9 Å². The third-order valence-electron chi connectivity index (χ3n) is 5.24. The van der Waals surface area contributed by atoms with E-state index in [4.69, 9.17) is 4.74 Å². The van der Waals surface area contributed by atoms with Gasteiger partial charge in [-0.3, -0.25) is 4.79 Å². The van der Waals surface area contributed by atoms with Gasteiger partial charge in [0, 0.05) is 55.5 Å². The fourth-order valence-electron chi connectivity index (χ4n) is 3.84. The van der Waals surface area contributed by atoms with E-state index in [1.807, 2.05) is 24.1 Å². The lowest BCUT2D eigenvalue weighted by Gasteiger charge is -2.32. The Morgan fingerprint density at radius 1 is 1.29 bits per heavy atom. The molecule has 2 aromatic heterocycles. The SMILES string of the molecule is Cn1cc(CC(=O)N2CCCC(COc3ncc(Br)cn3)C2)c2ccccc21. The van der Waals surface area contributed by atoms with Crippen LogP contribution >= 0.6 is 15.9 Å². The largest absolute Gasteiger partial charge is 0.463 e. The van der Waals surface area contributed by atoms with E-state index in [0.717, 1.165) is 46.9 Å². The van der Waals surface area contributed by atoms with Crippen LogP contribution in [0.2, 0.25) is 0 Å². The van der Waals surface area contributed by atoms with Crippen LogP contribution in [0, 0.1) is 5.92 Å². The molecule has 6 nitrogen and oxygen atoms in total. The third-order valence-corrected chi connectivity index (χ3v) is 5.65. The van der Waals surface area contributed by atoms with Gasteiger partial charge in [-0.15, -0.1) is 0 Å². The number of carbonyl (C=O) groups excluding carboxylic acids is 1. The molecule has 28 heavy (non-hydrogen) atoms. The van der Waals surface area contributed by atoms with Crippen LogP contribution in [0.5, 0.6) is 6.01 Å². The molecule has 146 valence electrons. The van der Waals surface area contributed by atoms with E-state index in [9.17, 15) is 4.79 Å². The molecule has 1 fully saturated rings. The van der Waals surface area contributed by atoms with Crippen molar-refractivity contribution in [3.05, 3.63) is 52.9 Å². The van der Waals surface area contributed by atoms with Crippen LogP contribution in [0.3, 0.4) is 0 Å². The van der Waals surface area contributed by atoms with E-state index in [1.165, 1.54) is 0 Å². The minimum absolute atomic E-state index is 0.181. The third kappa shape index (κ3) is 4.19. The molecule has 1 aliphatic heterocycles. The summed E-state index contributed by atoms with van der Waals surface area (Å²) in [5.74, 6) is 0.485. The van der Waals surface area contributed by atoms with Gasteiger partial charge in [0.25, 0.3) is 0 Å². The highest BCUT2D eigenvalue weighted by Gasteiger charge is 2.25. The molecule has 0 bridgehead atoms. The fourth-order valence-corrected chi connectivity index (χ4v) is 4.04. The second-order valence-corrected chi connectivity index (χ2v) is 8.22. The number of aryl methyl sites for hydroxylation is 1. The standard InChI is InChI=1S/C21H23BrN4O2/c1-25-13-16(18-6-2-3-7-19(18)25)9-20(27)26-8-4-5-15(12-26)14-28-21-23-10-17(22)11-24-21/h2-3,6-7,10-11,13,15H,4-5,8-9,12,14H2,1H3. The first-order chi connectivity index (χ1) is 13.6. The van der Waals surface area contributed by atoms with Crippen molar-refractivity contribution in [1.82, 2.24) is 19.4 Å². The summed E-state index contributed by atoms with van der Waals surface area (Å²) in [6.07, 6.45) is 7.89. The molecule has 1 aromatic carbocycles. The van der Waals surface area contributed by atoms with E-state index in [1.54, 1.807) is 12.4 Å². The van der Waals surface area contributed by atoms with Gasteiger partial charge in [0.15, 0.2) is 0 Å². The predicted molar refractivity (Wildman–Crippen MR) is 111 cm³/mol. The first kappa shape index (κ1) is 18.9. The van der Waals surface area contributed by atoms with Gasteiger partial charge in [0.1, 0.15) is 0 Å². The van der Waals surface area contributed by atoms with Crippen LogP contribution in [0.1, 0.15) is 18.4 Å². The van der Waals surface area contributed by atoms with Gasteiger partial charge in [-0.05, 0) is 40.4 Å². The summed E-state index contributed by atoms with van der Waals surface area (Å²) in [7, 11) is 2.02. The first-order valence-electron chi connectivity index (χ1n) is 9.51. The molecule has 7 heteroatoms. The summed E-state index contributed by atoms with van der Waals surface area (Å²) in [6.45, 7) is 2.06. The van der Waals surface area contributed by atoms with E-state index in [0.29, 0.717) is 25.0 Å². The lowest BCUT2D eigenvalue weighted by Crippen LogP contribution is -2.42. The molecule has 1 atom stereocenters. The molecule has 1 aliphatic rings. The van der Waals surface area contributed by atoms with Gasteiger partial charge in [-0.1, -0.05) is 18.2 Å². The number of benzene rings is 1. The van der Waals surface area contributed by atoms with Crippen molar-refractivity contribution in [1.29, 1.82) is 0 Å². The molecule has 0 saturated carbocycles. The van der Waals surface area contributed by atoms with Crippen molar-refractivity contribution in [3.63, 3.8) is 0 Å². The number of amides is 1. The minimum Gasteiger partial charge on any atom is -0.463 e. The number of rotatable bonds is 5.